The molecule has 2 unspecified atom stereocenters. The van der Waals surface area contributed by atoms with Crippen LogP contribution in [0.15, 0.2) is 18.5 Å². The van der Waals surface area contributed by atoms with Crippen LogP contribution >= 0.6 is 0 Å². The molecule has 4 rings (SSSR count). The maximum Gasteiger partial charge on any atom is 0.200 e. The van der Waals surface area contributed by atoms with Crippen LogP contribution in [0.4, 0.5) is 4.39 Å². The number of aryl methyl sites for hydroxylation is 1. The van der Waals surface area contributed by atoms with Crippen LogP contribution in [0, 0.1) is 24.6 Å². The summed E-state index contributed by atoms with van der Waals surface area (Å²) in [6, 6.07) is 3.29. The van der Waals surface area contributed by atoms with Gasteiger partial charge in [-0.05, 0) is 54.9 Å². The molecule has 6 heteroatoms. The van der Waals surface area contributed by atoms with Gasteiger partial charge in [-0.2, -0.15) is 5.10 Å². The number of nitrogens with zero attached hydrogens (tertiary/aromatic N) is 3. The number of H-pyrrole nitrogens is 1. The van der Waals surface area contributed by atoms with Crippen LogP contribution in [0.1, 0.15) is 50.3 Å². The van der Waals surface area contributed by atoms with Crippen molar-refractivity contribution < 1.29 is 9.13 Å². The molecule has 2 aromatic heterocycles. The second-order valence-electron chi connectivity index (χ2n) is 7.61. The number of rotatable bonds is 6. The Morgan fingerprint density at radius 1 is 1.30 bits per heavy atom. The number of benzene rings is 1. The Kier molecular flexibility index (Phi) is 4.58. The fourth-order valence-corrected chi connectivity index (χ4v) is 4.08. The van der Waals surface area contributed by atoms with Crippen molar-refractivity contribution in [1.29, 1.82) is 0 Å². The number of aromatic amines is 1. The summed E-state index contributed by atoms with van der Waals surface area (Å²) in [6.07, 6.45) is 5.12. The number of methoxy groups -OCH3 is 1. The molecular weight excluding hydrogens is 343 g/mol. The highest BCUT2D eigenvalue weighted by Gasteiger charge is 2.38. The van der Waals surface area contributed by atoms with Gasteiger partial charge in [0.25, 0.3) is 0 Å². The molecule has 0 amide bonds. The molecule has 0 spiro atoms. The molecule has 3 aromatic rings. The summed E-state index contributed by atoms with van der Waals surface area (Å²) in [5.74, 6) is 1.29. The molecule has 2 heterocycles. The second kappa shape index (κ2) is 6.91. The topological polar surface area (TPSA) is 63.7 Å². The summed E-state index contributed by atoms with van der Waals surface area (Å²) >= 11 is 0. The Hall–Kier alpha value is -2.50. The van der Waals surface area contributed by atoms with Crippen molar-refractivity contribution in [3.05, 3.63) is 35.5 Å². The second-order valence-corrected chi connectivity index (χ2v) is 7.61. The number of halogens is 1. The van der Waals surface area contributed by atoms with Crippen molar-refractivity contribution in [2.45, 2.75) is 46.0 Å². The molecule has 0 saturated heterocycles. The predicted octanol–water partition coefficient (Wildman–Crippen LogP) is 5.02. The Morgan fingerprint density at radius 2 is 2.07 bits per heavy atom. The third kappa shape index (κ3) is 3.07. The molecular formula is C21H25FN4O. The Labute approximate surface area is 158 Å². The first-order valence-electron chi connectivity index (χ1n) is 9.59. The molecule has 5 nitrogen and oxygen atoms in total. The van der Waals surface area contributed by atoms with Gasteiger partial charge in [0.2, 0.25) is 0 Å². The van der Waals surface area contributed by atoms with Crippen molar-refractivity contribution >= 4 is 11.2 Å². The van der Waals surface area contributed by atoms with Crippen LogP contribution in [0.3, 0.4) is 0 Å². The van der Waals surface area contributed by atoms with Crippen LogP contribution in [0.25, 0.3) is 22.3 Å². The Morgan fingerprint density at radius 3 is 2.74 bits per heavy atom. The number of fused-ring (bicyclic) bond motifs is 1. The van der Waals surface area contributed by atoms with Gasteiger partial charge in [0.1, 0.15) is 0 Å². The monoisotopic (exact) mass is 368 g/mol. The minimum atomic E-state index is -0.375. The van der Waals surface area contributed by atoms with Gasteiger partial charge < -0.3 is 9.72 Å². The molecule has 2 atom stereocenters. The average Bonchev–Trinajstić information content (AvgIpc) is 3.38. The largest absolute Gasteiger partial charge is 0.494 e. The molecule has 0 bridgehead atoms. The van der Waals surface area contributed by atoms with Crippen molar-refractivity contribution in [3.63, 3.8) is 0 Å². The highest BCUT2D eigenvalue weighted by molar-refractivity contribution is 5.92. The van der Waals surface area contributed by atoms with E-state index in [0.29, 0.717) is 23.4 Å². The first kappa shape index (κ1) is 17.9. The van der Waals surface area contributed by atoms with Crippen LogP contribution in [0.5, 0.6) is 5.75 Å². The third-order valence-electron chi connectivity index (χ3n) is 5.85. The van der Waals surface area contributed by atoms with E-state index in [-0.39, 0.29) is 11.6 Å². The maximum atomic E-state index is 14.6. The van der Waals surface area contributed by atoms with Gasteiger partial charge in [-0.25, -0.2) is 9.37 Å². The number of hydrogen-bond acceptors (Lipinski definition) is 4. The van der Waals surface area contributed by atoms with E-state index in [4.69, 9.17) is 4.74 Å². The van der Waals surface area contributed by atoms with Gasteiger partial charge in [-0.1, -0.05) is 20.3 Å². The Bertz CT molecular complexity index is 980. The number of ether oxygens (including phenoxy) is 1. The first-order valence-corrected chi connectivity index (χ1v) is 9.59. The third-order valence-corrected chi connectivity index (χ3v) is 5.85. The number of aromatic nitrogens is 4. The van der Waals surface area contributed by atoms with Crippen LogP contribution in [-0.2, 0) is 0 Å². The normalized spacial score (nSPS) is 16.5. The number of hydrogen-bond donors (Lipinski definition) is 1. The van der Waals surface area contributed by atoms with Gasteiger partial charge in [0, 0.05) is 11.5 Å². The molecule has 1 fully saturated rings. The summed E-state index contributed by atoms with van der Waals surface area (Å²) in [7, 11) is 1.48. The minimum absolute atomic E-state index is 0.251. The van der Waals surface area contributed by atoms with E-state index in [1.807, 2.05) is 6.92 Å². The summed E-state index contributed by atoms with van der Waals surface area (Å²) in [5, 5.41) is 8.96. The molecule has 142 valence electrons. The van der Waals surface area contributed by atoms with Crippen molar-refractivity contribution in [3.8, 4) is 16.9 Å². The van der Waals surface area contributed by atoms with Crippen molar-refractivity contribution in [2.24, 2.45) is 11.8 Å². The molecule has 0 aliphatic heterocycles. The van der Waals surface area contributed by atoms with Crippen LogP contribution < -0.4 is 4.74 Å². The van der Waals surface area contributed by atoms with E-state index in [1.165, 1.54) is 20.0 Å². The molecule has 1 N–H and O–H groups in total. The van der Waals surface area contributed by atoms with E-state index in [2.05, 4.69) is 34.0 Å². The summed E-state index contributed by atoms with van der Waals surface area (Å²) < 4.78 is 19.7. The fourth-order valence-electron chi connectivity index (χ4n) is 4.08. The number of imidazole rings is 1. The summed E-state index contributed by atoms with van der Waals surface area (Å²) in [6.45, 7) is 6.45. The van der Waals surface area contributed by atoms with Crippen LogP contribution in [-0.4, -0.2) is 27.3 Å². The maximum absolute atomic E-state index is 14.6. The fraction of sp³-hybridized carbons (Fsp3) is 0.476. The highest BCUT2D eigenvalue weighted by atomic mass is 19.1. The average molecular weight is 368 g/mol. The first-order chi connectivity index (χ1) is 13.0. The lowest BCUT2D eigenvalue weighted by Crippen LogP contribution is -2.16. The molecule has 27 heavy (non-hydrogen) atoms. The van der Waals surface area contributed by atoms with Gasteiger partial charge in [0.15, 0.2) is 17.2 Å². The van der Waals surface area contributed by atoms with E-state index >= 15 is 0 Å². The molecule has 1 aliphatic carbocycles. The molecule has 1 saturated carbocycles. The standard InChI is InChI=1S/C21H25FN4O/c1-5-11(2)17(13-6-7-13)19-18(20-21(26-25-19)24-10-23-20)14-9-15(22)16(27-4)8-12(14)3/h8-11,13,17H,5-7H2,1-4H3,(H,23,24,26). The molecule has 1 aliphatic rings. The quantitative estimate of drug-likeness (QED) is 0.664. The minimum Gasteiger partial charge on any atom is -0.494 e. The summed E-state index contributed by atoms with van der Waals surface area (Å²) in [4.78, 5) is 7.48. The van der Waals surface area contributed by atoms with Crippen LogP contribution in [0.2, 0.25) is 0 Å². The molecule has 1 aromatic carbocycles. The SMILES string of the molecule is CCC(C)C(c1nnc2nc[nH]c2c1-c1cc(F)c(OC)cc1C)C1CC1. The van der Waals surface area contributed by atoms with Crippen molar-refractivity contribution in [2.75, 3.05) is 7.11 Å². The zero-order chi connectivity index (χ0) is 19.1. The number of nitrogens with one attached hydrogen (secondary N) is 1. The lowest BCUT2D eigenvalue weighted by molar-refractivity contribution is 0.386. The van der Waals surface area contributed by atoms with Gasteiger partial charge >= 0.3 is 0 Å². The van der Waals surface area contributed by atoms with E-state index < -0.39 is 0 Å². The van der Waals surface area contributed by atoms with Gasteiger partial charge in [-0.15, -0.1) is 5.10 Å². The zero-order valence-corrected chi connectivity index (χ0v) is 16.2. The Balaban J connectivity index is 1.99. The van der Waals surface area contributed by atoms with Crippen molar-refractivity contribution in [1.82, 2.24) is 20.2 Å². The predicted molar refractivity (Wildman–Crippen MR) is 103 cm³/mol. The van der Waals surface area contributed by atoms with E-state index in [0.717, 1.165) is 34.3 Å². The van der Waals surface area contributed by atoms with E-state index in [9.17, 15) is 4.39 Å². The highest BCUT2D eigenvalue weighted by Crippen LogP contribution is 2.50. The van der Waals surface area contributed by atoms with Gasteiger partial charge in [0.05, 0.1) is 24.6 Å². The lowest BCUT2D eigenvalue weighted by Gasteiger charge is -2.25. The smallest absolute Gasteiger partial charge is 0.200 e. The summed E-state index contributed by atoms with van der Waals surface area (Å²) in [5.41, 5.74) is 5.02. The van der Waals surface area contributed by atoms with Gasteiger partial charge in [-0.3, -0.25) is 0 Å². The molecule has 0 radical (unpaired) electrons. The lowest BCUT2D eigenvalue weighted by atomic mass is 9.81. The van der Waals surface area contributed by atoms with E-state index in [1.54, 1.807) is 18.5 Å². The zero-order valence-electron chi connectivity index (χ0n) is 16.2.